The topological polar surface area (TPSA) is 128 Å². The van der Waals surface area contributed by atoms with Crippen LogP contribution in [0.3, 0.4) is 0 Å². The molecule has 0 saturated carbocycles. The molecule has 1 saturated heterocycles. The highest BCUT2D eigenvalue weighted by molar-refractivity contribution is 7.53. The number of nitrogens with zero attached hydrogens (tertiary/aromatic N) is 1. The van der Waals surface area contributed by atoms with Crippen molar-refractivity contribution in [1.29, 1.82) is 0 Å². The van der Waals surface area contributed by atoms with Crippen molar-refractivity contribution < 1.29 is 37.6 Å². The predicted molar refractivity (Wildman–Crippen MR) is 123 cm³/mol. The lowest BCUT2D eigenvalue weighted by molar-refractivity contribution is -0.197. The summed E-state index contributed by atoms with van der Waals surface area (Å²) in [6.07, 6.45) is 2.53. The van der Waals surface area contributed by atoms with Gasteiger partial charge >= 0.3 is 13.6 Å². The highest BCUT2D eigenvalue weighted by atomic mass is 31.2. The van der Waals surface area contributed by atoms with E-state index in [1.54, 1.807) is 13.8 Å². The maximum atomic E-state index is 12.6. The number of unbranched alkanes of at least 4 members (excludes halogenated alkanes) is 2. The second-order valence-corrected chi connectivity index (χ2v) is 9.86. The Balaban J connectivity index is 1.62. The molecule has 0 spiro atoms. The summed E-state index contributed by atoms with van der Waals surface area (Å²) in [6, 6.07) is 7.27. The molecule has 1 heterocycles. The van der Waals surface area contributed by atoms with Gasteiger partial charge in [0.2, 0.25) is 5.91 Å². The molecule has 0 bridgehead atoms. The molecule has 0 unspecified atom stereocenters. The number of rotatable bonds is 15. The predicted octanol–water partition coefficient (Wildman–Crippen LogP) is 3.28. The number of hydrogen-bond acceptors (Lipinski definition) is 8. The molecule has 0 aromatic heterocycles. The van der Waals surface area contributed by atoms with Gasteiger partial charge in [-0.05, 0) is 37.8 Å². The van der Waals surface area contributed by atoms with Crippen LogP contribution in [0.5, 0.6) is 0 Å². The van der Waals surface area contributed by atoms with Gasteiger partial charge in [0.25, 0.3) is 11.8 Å². The first-order chi connectivity index (χ1) is 16.3. The van der Waals surface area contributed by atoms with E-state index in [4.69, 9.17) is 13.9 Å². The summed E-state index contributed by atoms with van der Waals surface area (Å²) in [5, 5.41) is 3.39. The summed E-state index contributed by atoms with van der Waals surface area (Å²) >= 11 is 0. The molecule has 188 valence electrons. The van der Waals surface area contributed by atoms with Crippen molar-refractivity contribution in [3.05, 3.63) is 35.4 Å². The second-order valence-electron chi connectivity index (χ2n) is 7.80. The van der Waals surface area contributed by atoms with Crippen LogP contribution in [0.15, 0.2) is 24.3 Å². The van der Waals surface area contributed by atoms with E-state index in [1.807, 2.05) is 24.3 Å². The van der Waals surface area contributed by atoms with E-state index < -0.39 is 25.4 Å². The Morgan fingerprint density at radius 3 is 2.12 bits per heavy atom. The molecule has 34 heavy (non-hydrogen) atoms. The third-order valence-corrected chi connectivity index (χ3v) is 7.05. The van der Waals surface area contributed by atoms with Gasteiger partial charge in [0.05, 0.1) is 25.8 Å². The first-order valence-corrected chi connectivity index (χ1v) is 13.3. The summed E-state index contributed by atoms with van der Waals surface area (Å²) in [5.74, 6) is -1.72. The van der Waals surface area contributed by atoms with Crippen molar-refractivity contribution >= 4 is 31.3 Å². The van der Waals surface area contributed by atoms with Crippen LogP contribution in [-0.2, 0) is 50.2 Å². The molecule has 1 aromatic carbocycles. The Hall–Kier alpha value is -2.55. The third-order valence-electron chi connectivity index (χ3n) is 4.99. The smallest absolute Gasteiger partial charge is 0.335 e. The van der Waals surface area contributed by atoms with Gasteiger partial charge < -0.3 is 19.2 Å². The molecular formula is C23H33N2O8P. The number of carbonyl (C=O) groups excluding carboxylic acids is 4. The number of nitrogens with one attached hydrogen (secondary N) is 1. The molecule has 1 N–H and O–H groups in total. The van der Waals surface area contributed by atoms with Crippen LogP contribution in [0.4, 0.5) is 0 Å². The van der Waals surface area contributed by atoms with Gasteiger partial charge in [0, 0.05) is 25.8 Å². The van der Waals surface area contributed by atoms with E-state index in [9.17, 15) is 23.7 Å². The quantitative estimate of drug-likeness (QED) is 0.223. The Bertz CT molecular complexity index is 877. The van der Waals surface area contributed by atoms with Gasteiger partial charge in [0.1, 0.15) is 0 Å². The van der Waals surface area contributed by atoms with E-state index in [1.165, 1.54) is 0 Å². The number of hydroxylamine groups is 2. The van der Waals surface area contributed by atoms with Crippen molar-refractivity contribution in [3.63, 3.8) is 0 Å². The van der Waals surface area contributed by atoms with Crippen LogP contribution in [0, 0.1) is 0 Å². The Morgan fingerprint density at radius 1 is 0.941 bits per heavy atom. The van der Waals surface area contributed by atoms with Crippen molar-refractivity contribution in [1.82, 2.24) is 10.4 Å². The first kappa shape index (κ1) is 27.7. The van der Waals surface area contributed by atoms with Crippen LogP contribution >= 0.6 is 7.60 Å². The van der Waals surface area contributed by atoms with Crippen molar-refractivity contribution in [2.45, 2.75) is 65.0 Å². The van der Waals surface area contributed by atoms with Crippen molar-refractivity contribution in [2.24, 2.45) is 0 Å². The molecule has 1 aliphatic rings. The van der Waals surface area contributed by atoms with Crippen LogP contribution in [0.1, 0.15) is 63.5 Å². The fraction of sp³-hybridized carbons (Fsp3) is 0.565. The number of benzene rings is 1. The highest BCUT2D eigenvalue weighted by Gasteiger charge is 2.32. The molecule has 11 heteroatoms. The molecule has 0 atom stereocenters. The van der Waals surface area contributed by atoms with Crippen molar-refractivity contribution in [3.8, 4) is 0 Å². The number of imide groups is 1. The van der Waals surface area contributed by atoms with Gasteiger partial charge in [-0.1, -0.05) is 30.7 Å². The minimum absolute atomic E-state index is 0.0693. The number of carbonyl (C=O) groups is 4. The fourth-order valence-corrected chi connectivity index (χ4v) is 5.06. The molecular weight excluding hydrogens is 463 g/mol. The lowest BCUT2D eigenvalue weighted by Crippen LogP contribution is -2.32. The molecule has 1 aliphatic heterocycles. The van der Waals surface area contributed by atoms with Crippen LogP contribution in [0.25, 0.3) is 0 Å². The molecule has 10 nitrogen and oxygen atoms in total. The summed E-state index contributed by atoms with van der Waals surface area (Å²) in [5.41, 5.74) is 1.64. The van der Waals surface area contributed by atoms with E-state index in [0.29, 0.717) is 44.1 Å². The largest absolute Gasteiger partial charge is 0.356 e. The molecule has 0 radical (unpaired) electrons. The zero-order valence-corrected chi connectivity index (χ0v) is 20.6. The van der Waals surface area contributed by atoms with Crippen LogP contribution < -0.4 is 5.32 Å². The van der Waals surface area contributed by atoms with Crippen LogP contribution in [0.2, 0.25) is 0 Å². The zero-order valence-electron chi connectivity index (χ0n) is 19.7. The maximum absolute atomic E-state index is 12.6. The first-order valence-electron chi connectivity index (χ1n) is 11.6. The summed E-state index contributed by atoms with van der Waals surface area (Å²) in [6.45, 7) is 4.62. The normalized spacial score (nSPS) is 13.9. The Kier molecular flexibility index (Phi) is 11.4. The van der Waals surface area contributed by atoms with Gasteiger partial charge in [0.15, 0.2) is 0 Å². The maximum Gasteiger partial charge on any atom is 0.335 e. The highest BCUT2D eigenvalue weighted by Crippen LogP contribution is 2.51. The third kappa shape index (κ3) is 9.37. The molecule has 3 amide bonds. The van der Waals surface area contributed by atoms with E-state index in [0.717, 1.165) is 11.1 Å². The van der Waals surface area contributed by atoms with Crippen molar-refractivity contribution in [2.75, 3.05) is 19.8 Å². The van der Waals surface area contributed by atoms with Gasteiger partial charge in [-0.15, -0.1) is 5.06 Å². The minimum atomic E-state index is -3.17. The van der Waals surface area contributed by atoms with Gasteiger partial charge in [-0.2, -0.15) is 0 Å². The number of amides is 3. The van der Waals surface area contributed by atoms with Crippen LogP contribution in [-0.4, -0.2) is 48.5 Å². The second kappa shape index (κ2) is 14.0. The summed E-state index contributed by atoms with van der Waals surface area (Å²) < 4.78 is 23.2. The zero-order chi connectivity index (χ0) is 25.0. The lowest BCUT2D eigenvalue weighted by atomic mass is 10.1. The standard InChI is InChI=1S/C23H33N2O8P/c1-3-31-34(30,32-4-2)17-19-11-9-18(10-12-19)16-20(26)24-15-7-5-6-8-23(29)33-25-21(27)13-14-22(25)28/h9-12H,3-8,13-17H2,1-2H3,(H,24,26). The Labute approximate surface area is 199 Å². The van der Waals surface area contributed by atoms with Gasteiger partial charge in [-0.25, -0.2) is 4.79 Å². The van der Waals surface area contributed by atoms with E-state index in [-0.39, 0.29) is 37.8 Å². The monoisotopic (exact) mass is 496 g/mol. The molecule has 1 aromatic rings. The molecule has 2 rings (SSSR count). The minimum Gasteiger partial charge on any atom is -0.356 e. The lowest BCUT2D eigenvalue weighted by Gasteiger charge is -2.17. The average molecular weight is 496 g/mol. The molecule has 0 aliphatic carbocycles. The summed E-state index contributed by atoms with van der Waals surface area (Å²) in [4.78, 5) is 51.5. The Morgan fingerprint density at radius 2 is 1.53 bits per heavy atom. The van der Waals surface area contributed by atoms with Gasteiger partial charge in [-0.3, -0.25) is 18.9 Å². The summed E-state index contributed by atoms with van der Waals surface area (Å²) in [7, 11) is -3.17. The van der Waals surface area contributed by atoms with E-state index >= 15 is 0 Å². The average Bonchev–Trinajstić information content (AvgIpc) is 3.09. The SMILES string of the molecule is CCOP(=O)(Cc1ccc(CC(=O)NCCCCCC(=O)ON2C(=O)CCC2=O)cc1)OCC. The van der Waals surface area contributed by atoms with E-state index in [2.05, 4.69) is 5.32 Å². The molecule has 1 fully saturated rings. The fourth-order valence-electron chi connectivity index (χ4n) is 3.36. The number of hydrogen-bond donors (Lipinski definition) is 1.